The van der Waals surface area contributed by atoms with E-state index in [0.29, 0.717) is 25.9 Å². The molecule has 20 heavy (non-hydrogen) atoms. The molecule has 1 aliphatic heterocycles. The Balaban J connectivity index is 2.69. The van der Waals surface area contributed by atoms with Crippen molar-refractivity contribution in [3.63, 3.8) is 0 Å². The molecule has 0 aromatic carbocycles. The Morgan fingerprint density at radius 3 is 1.90 bits per heavy atom. The Bertz CT molecular complexity index is 243. The monoisotopic (exact) mass is 306 g/mol. The Morgan fingerprint density at radius 1 is 1.05 bits per heavy atom. The number of epoxide rings is 1. The van der Waals surface area contributed by atoms with Gasteiger partial charge >= 0.3 is 8.80 Å². The molecular formula is C14H30O5Si. The summed E-state index contributed by atoms with van der Waals surface area (Å²) in [6.07, 6.45) is 2.23. The fourth-order valence-electron chi connectivity index (χ4n) is 2.35. The minimum absolute atomic E-state index is 0.115. The normalized spacial score (nSPS) is 21.8. The summed E-state index contributed by atoms with van der Waals surface area (Å²) in [5.74, 6) is 0. The average Bonchev–Trinajstić information content (AvgIpc) is 3.20. The molecular weight excluding hydrogens is 276 g/mol. The molecule has 1 aliphatic rings. The molecule has 1 heterocycles. The van der Waals surface area contributed by atoms with Crippen molar-refractivity contribution in [2.45, 2.75) is 65.4 Å². The summed E-state index contributed by atoms with van der Waals surface area (Å²) in [6.45, 7) is 12.6. The van der Waals surface area contributed by atoms with Crippen molar-refractivity contribution < 1.29 is 22.8 Å². The Kier molecular flexibility index (Phi) is 8.24. The van der Waals surface area contributed by atoms with E-state index in [1.807, 2.05) is 20.8 Å². The van der Waals surface area contributed by atoms with Crippen molar-refractivity contribution in [3.8, 4) is 0 Å². The first-order chi connectivity index (χ1) is 9.61. The molecule has 0 amide bonds. The summed E-state index contributed by atoms with van der Waals surface area (Å²) >= 11 is 0. The van der Waals surface area contributed by atoms with Gasteiger partial charge in [0.15, 0.2) is 0 Å². The maximum atomic E-state index is 6.18. The molecule has 5 nitrogen and oxygen atoms in total. The van der Waals surface area contributed by atoms with Crippen LogP contribution in [0.1, 0.15) is 47.5 Å². The zero-order valence-corrected chi connectivity index (χ0v) is 14.5. The first-order valence-corrected chi connectivity index (χ1v) is 9.60. The van der Waals surface area contributed by atoms with Gasteiger partial charge in [-0.25, -0.2) is 0 Å². The average molecular weight is 306 g/mol. The second-order valence-corrected chi connectivity index (χ2v) is 7.65. The second kappa shape index (κ2) is 9.12. The molecule has 0 aromatic rings. The zero-order chi connectivity index (χ0) is 15.0. The zero-order valence-electron chi connectivity index (χ0n) is 13.5. The summed E-state index contributed by atoms with van der Waals surface area (Å²) in [6, 6.07) is 0. The summed E-state index contributed by atoms with van der Waals surface area (Å²) in [5, 5.41) is 0. The van der Waals surface area contributed by atoms with E-state index in [9.17, 15) is 0 Å². The van der Waals surface area contributed by atoms with Crippen LogP contribution in [0.25, 0.3) is 0 Å². The Hall–Kier alpha value is 0.0169. The van der Waals surface area contributed by atoms with Gasteiger partial charge < -0.3 is 22.8 Å². The highest BCUT2D eigenvalue weighted by atomic mass is 28.4. The quantitative estimate of drug-likeness (QED) is 0.410. The van der Waals surface area contributed by atoms with Crippen molar-refractivity contribution in [3.05, 3.63) is 0 Å². The highest BCUT2D eigenvalue weighted by Gasteiger charge is 2.50. The third-order valence-corrected chi connectivity index (χ3v) is 6.60. The van der Waals surface area contributed by atoms with Crippen LogP contribution < -0.4 is 0 Å². The lowest BCUT2D eigenvalue weighted by atomic mass is 10.2. The molecule has 0 bridgehead atoms. The van der Waals surface area contributed by atoms with Crippen LogP contribution in [-0.4, -0.2) is 53.2 Å². The van der Waals surface area contributed by atoms with Crippen LogP contribution in [0.3, 0.4) is 0 Å². The van der Waals surface area contributed by atoms with Crippen LogP contribution in [-0.2, 0) is 22.8 Å². The predicted octanol–water partition coefficient (Wildman–Crippen LogP) is 2.55. The molecule has 1 saturated heterocycles. The molecule has 6 heteroatoms. The molecule has 1 rings (SSSR count). The van der Waals surface area contributed by atoms with Gasteiger partial charge in [-0.05, 0) is 34.1 Å². The molecule has 0 aromatic heterocycles. The van der Waals surface area contributed by atoms with E-state index >= 15 is 0 Å². The van der Waals surface area contributed by atoms with Crippen molar-refractivity contribution in [1.29, 1.82) is 0 Å². The topological polar surface area (TPSA) is 49.5 Å². The van der Waals surface area contributed by atoms with Gasteiger partial charge in [0.05, 0.1) is 18.8 Å². The van der Waals surface area contributed by atoms with Gasteiger partial charge in [0.25, 0.3) is 0 Å². The molecule has 0 N–H and O–H groups in total. The molecule has 0 radical (unpaired) electrons. The number of rotatable bonds is 12. The van der Waals surface area contributed by atoms with E-state index in [2.05, 4.69) is 13.8 Å². The fourth-order valence-corrected chi connectivity index (χ4v) is 5.26. The van der Waals surface area contributed by atoms with Crippen LogP contribution >= 0.6 is 0 Å². The molecule has 0 spiro atoms. The Labute approximate surface area is 124 Å². The largest absolute Gasteiger partial charge is 0.531 e. The third kappa shape index (κ3) is 5.42. The molecule has 1 fully saturated rings. The van der Waals surface area contributed by atoms with Gasteiger partial charge in [-0.15, -0.1) is 0 Å². The van der Waals surface area contributed by atoms with E-state index in [0.717, 1.165) is 19.4 Å². The van der Waals surface area contributed by atoms with Gasteiger partial charge in [0.1, 0.15) is 5.73 Å². The maximum Gasteiger partial charge on any atom is 0.531 e. The van der Waals surface area contributed by atoms with Gasteiger partial charge in [0, 0.05) is 26.2 Å². The second-order valence-electron chi connectivity index (χ2n) is 4.94. The minimum Gasteiger partial charge on any atom is -0.373 e. The van der Waals surface area contributed by atoms with Gasteiger partial charge in [-0.1, -0.05) is 6.92 Å². The minimum atomic E-state index is -2.78. The molecule has 3 atom stereocenters. The van der Waals surface area contributed by atoms with Crippen LogP contribution in [0.15, 0.2) is 0 Å². The predicted molar refractivity (Wildman–Crippen MR) is 79.6 cm³/mol. The molecule has 3 unspecified atom stereocenters. The molecule has 0 saturated carbocycles. The summed E-state index contributed by atoms with van der Waals surface area (Å²) in [5.41, 5.74) is -0.115. The highest BCUT2D eigenvalue weighted by Crippen LogP contribution is 2.25. The van der Waals surface area contributed by atoms with Crippen LogP contribution in [0.2, 0.25) is 0 Å². The van der Waals surface area contributed by atoms with Crippen molar-refractivity contribution in [1.82, 2.24) is 0 Å². The fraction of sp³-hybridized carbons (Fsp3) is 1.00. The van der Waals surface area contributed by atoms with Crippen LogP contribution in [0.4, 0.5) is 0 Å². The molecule has 120 valence electrons. The van der Waals surface area contributed by atoms with Crippen molar-refractivity contribution in [2.24, 2.45) is 0 Å². The third-order valence-electron chi connectivity index (χ3n) is 3.20. The van der Waals surface area contributed by atoms with Crippen molar-refractivity contribution in [2.75, 3.05) is 26.4 Å². The van der Waals surface area contributed by atoms with Crippen LogP contribution in [0.5, 0.6) is 0 Å². The van der Waals surface area contributed by atoms with Gasteiger partial charge in [-0.3, -0.25) is 0 Å². The first-order valence-electron chi connectivity index (χ1n) is 7.80. The lowest BCUT2D eigenvalue weighted by molar-refractivity contribution is -0.0416. The van der Waals surface area contributed by atoms with E-state index < -0.39 is 8.80 Å². The van der Waals surface area contributed by atoms with Gasteiger partial charge in [-0.2, -0.15) is 0 Å². The number of hydrogen-bond acceptors (Lipinski definition) is 5. The summed E-state index contributed by atoms with van der Waals surface area (Å²) < 4.78 is 29.2. The lowest BCUT2D eigenvalue weighted by Crippen LogP contribution is -2.58. The standard InChI is InChI=1S/C14H30O5Si/c1-6-14(19-12(5)10-13-11-15-13)20(16-7-2,17-8-3)18-9-4/h12-14H,6-11H2,1-5H3. The number of hydrogen-bond donors (Lipinski definition) is 0. The van der Waals surface area contributed by atoms with E-state index in [-0.39, 0.29) is 11.8 Å². The van der Waals surface area contributed by atoms with Crippen LogP contribution in [0, 0.1) is 0 Å². The molecule has 0 aliphatic carbocycles. The Morgan fingerprint density at radius 2 is 1.55 bits per heavy atom. The maximum absolute atomic E-state index is 6.18. The first kappa shape index (κ1) is 18.1. The summed E-state index contributed by atoms with van der Waals surface area (Å²) in [7, 11) is -2.78. The number of ether oxygens (including phenoxy) is 2. The summed E-state index contributed by atoms with van der Waals surface area (Å²) in [4.78, 5) is 0. The van der Waals surface area contributed by atoms with E-state index in [4.69, 9.17) is 22.8 Å². The van der Waals surface area contributed by atoms with E-state index in [1.165, 1.54) is 0 Å². The lowest BCUT2D eigenvalue weighted by Gasteiger charge is -2.35. The SMILES string of the molecule is CCO[Si](OCC)(OCC)C(CC)OC(C)CC1CO1. The van der Waals surface area contributed by atoms with E-state index in [1.54, 1.807) is 0 Å². The van der Waals surface area contributed by atoms with Crippen molar-refractivity contribution >= 4 is 8.80 Å². The smallest absolute Gasteiger partial charge is 0.373 e. The highest BCUT2D eigenvalue weighted by molar-refractivity contribution is 6.62. The van der Waals surface area contributed by atoms with Gasteiger partial charge in [0.2, 0.25) is 0 Å².